The van der Waals surface area contributed by atoms with Crippen molar-refractivity contribution in [3.63, 3.8) is 0 Å². The Kier molecular flexibility index (Phi) is 4.64. The van der Waals surface area contributed by atoms with Gasteiger partial charge in [-0.05, 0) is 38.2 Å². The Balaban J connectivity index is 1.85. The van der Waals surface area contributed by atoms with E-state index in [1.54, 1.807) is 24.5 Å². The first-order valence-corrected chi connectivity index (χ1v) is 8.16. The molecule has 0 radical (unpaired) electrons. The Labute approximate surface area is 142 Å². The SMILES string of the molecule is CN(C)C1CN(C(=O)c2ccncc2)CCC1(O)c1ccccc1. The predicted molar refractivity (Wildman–Crippen MR) is 92.6 cm³/mol. The summed E-state index contributed by atoms with van der Waals surface area (Å²) in [6.45, 7) is 1.01. The van der Waals surface area contributed by atoms with Gasteiger partial charge < -0.3 is 14.9 Å². The van der Waals surface area contributed by atoms with Crippen molar-refractivity contribution in [2.75, 3.05) is 27.2 Å². The molecule has 24 heavy (non-hydrogen) atoms. The van der Waals surface area contributed by atoms with E-state index >= 15 is 0 Å². The Hall–Kier alpha value is -2.24. The van der Waals surface area contributed by atoms with Crippen LogP contribution in [0.3, 0.4) is 0 Å². The molecule has 5 nitrogen and oxygen atoms in total. The third kappa shape index (κ3) is 3.05. The van der Waals surface area contributed by atoms with Crippen LogP contribution in [-0.4, -0.2) is 59.0 Å². The van der Waals surface area contributed by atoms with Crippen LogP contribution in [0.1, 0.15) is 22.3 Å². The molecule has 1 saturated heterocycles. The van der Waals surface area contributed by atoms with E-state index in [1.807, 2.05) is 54.2 Å². The number of hydrogen-bond donors (Lipinski definition) is 1. The molecule has 126 valence electrons. The maximum atomic E-state index is 12.7. The van der Waals surface area contributed by atoms with E-state index in [-0.39, 0.29) is 11.9 Å². The monoisotopic (exact) mass is 325 g/mol. The van der Waals surface area contributed by atoms with Gasteiger partial charge in [0.2, 0.25) is 0 Å². The van der Waals surface area contributed by atoms with Crippen molar-refractivity contribution in [3.05, 3.63) is 66.0 Å². The summed E-state index contributed by atoms with van der Waals surface area (Å²) in [6, 6.07) is 13.0. The zero-order valence-electron chi connectivity index (χ0n) is 14.1. The number of amides is 1. The van der Waals surface area contributed by atoms with E-state index in [4.69, 9.17) is 0 Å². The number of aromatic nitrogens is 1. The van der Waals surface area contributed by atoms with Crippen LogP contribution in [0.25, 0.3) is 0 Å². The van der Waals surface area contributed by atoms with E-state index in [9.17, 15) is 9.90 Å². The molecule has 1 amide bonds. The fourth-order valence-corrected chi connectivity index (χ4v) is 3.44. The number of likely N-dealkylation sites (N-methyl/N-ethyl adjacent to an activating group) is 1. The Morgan fingerprint density at radius 3 is 2.50 bits per heavy atom. The molecule has 1 aromatic heterocycles. The van der Waals surface area contributed by atoms with Gasteiger partial charge in [0.25, 0.3) is 5.91 Å². The molecule has 0 aliphatic carbocycles. The number of piperidine rings is 1. The van der Waals surface area contributed by atoms with Gasteiger partial charge in [0.15, 0.2) is 0 Å². The third-order valence-corrected chi connectivity index (χ3v) is 4.82. The predicted octanol–water partition coefficient (Wildman–Crippen LogP) is 1.75. The second-order valence-electron chi connectivity index (χ2n) is 6.51. The Bertz CT molecular complexity index is 690. The molecule has 1 N–H and O–H groups in total. The first-order chi connectivity index (χ1) is 11.5. The van der Waals surface area contributed by atoms with Gasteiger partial charge in [0.1, 0.15) is 5.60 Å². The number of hydrogen-bond acceptors (Lipinski definition) is 4. The molecular weight excluding hydrogens is 302 g/mol. The lowest BCUT2D eigenvalue weighted by atomic mass is 9.79. The highest BCUT2D eigenvalue weighted by atomic mass is 16.3. The van der Waals surface area contributed by atoms with Gasteiger partial charge in [-0.3, -0.25) is 9.78 Å². The van der Waals surface area contributed by atoms with E-state index < -0.39 is 5.60 Å². The van der Waals surface area contributed by atoms with Gasteiger partial charge in [0.05, 0.1) is 6.04 Å². The maximum absolute atomic E-state index is 12.7. The topological polar surface area (TPSA) is 56.7 Å². The summed E-state index contributed by atoms with van der Waals surface area (Å²) in [5.74, 6) is -0.0145. The third-order valence-electron chi connectivity index (χ3n) is 4.82. The quantitative estimate of drug-likeness (QED) is 0.934. The Morgan fingerprint density at radius 2 is 1.88 bits per heavy atom. The summed E-state index contributed by atoms with van der Waals surface area (Å²) in [5, 5.41) is 11.4. The molecule has 0 spiro atoms. The van der Waals surface area contributed by atoms with Crippen LogP contribution in [-0.2, 0) is 5.60 Å². The summed E-state index contributed by atoms with van der Waals surface area (Å²) < 4.78 is 0. The van der Waals surface area contributed by atoms with Crippen molar-refractivity contribution in [3.8, 4) is 0 Å². The fraction of sp³-hybridized carbons (Fsp3) is 0.368. The summed E-state index contributed by atoms with van der Waals surface area (Å²) >= 11 is 0. The molecule has 3 rings (SSSR count). The number of benzene rings is 1. The molecule has 1 aliphatic heterocycles. The number of carbonyl (C=O) groups excluding carboxylic acids is 1. The summed E-state index contributed by atoms with van der Waals surface area (Å²) in [6.07, 6.45) is 3.76. The zero-order chi connectivity index (χ0) is 17.2. The minimum Gasteiger partial charge on any atom is -0.383 e. The molecule has 2 atom stereocenters. The fourth-order valence-electron chi connectivity index (χ4n) is 3.44. The van der Waals surface area contributed by atoms with Gasteiger partial charge in [-0.2, -0.15) is 0 Å². The average Bonchev–Trinajstić information content (AvgIpc) is 2.63. The average molecular weight is 325 g/mol. The van der Waals surface area contributed by atoms with Gasteiger partial charge >= 0.3 is 0 Å². The van der Waals surface area contributed by atoms with Crippen molar-refractivity contribution >= 4 is 5.91 Å². The van der Waals surface area contributed by atoms with Crippen LogP contribution in [0.5, 0.6) is 0 Å². The van der Waals surface area contributed by atoms with E-state index in [2.05, 4.69) is 4.98 Å². The number of rotatable bonds is 3. The van der Waals surface area contributed by atoms with Gasteiger partial charge in [-0.25, -0.2) is 0 Å². The second kappa shape index (κ2) is 6.71. The van der Waals surface area contributed by atoms with E-state index in [0.717, 1.165) is 5.56 Å². The standard InChI is InChI=1S/C19H23N3O2/c1-21(2)17-14-22(18(23)15-8-11-20-12-9-15)13-10-19(17,24)16-6-4-3-5-7-16/h3-9,11-12,17,24H,10,13-14H2,1-2H3. The number of carbonyl (C=O) groups is 1. The molecular formula is C19H23N3O2. The molecule has 2 aromatic rings. The van der Waals surface area contributed by atoms with Crippen LogP contribution in [0.15, 0.2) is 54.9 Å². The van der Waals surface area contributed by atoms with Gasteiger partial charge in [-0.1, -0.05) is 30.3 Å². The molecule has 1 aliphatic rings. The van der Waals surface area contributed by atoms with Crippen molar-refractivity contribution in [2.45, 2.75) is 18.1 Å². The highest BCUT2D eigenvalue weighted by molar-refractivity contribution is 5.94. The van der Waals surface area contributed by atoms with Crippen LogP contribution in [0, 0.1) is 0 Å². The molecule has 2 unspecified atom stereocenters. The van der Waals surface area contributed by atoms with Gasteiger partial charge in [0, 0.05) is 31.0 Å². The van der Waals surface area contributed by atoms with E-state index in [0.29, 0.717) is 25.1 Å². The number of likely N-dealkylation sites (tertiary alicyclic amines) is 1. The first-order valence-electron chi connectivity index (χ1n) is 8.16. The highest BCUT2D eigenvalue weighted by Crippen LogP contribution is 2.35. The minimum atomic E-state index is -0.959. The lowest BCUT2D eigenvalue weighted by Gasteiger charge is -2.47. The Morgan fingerprint density at radius 1 is 1.21 bits per heavy atom. The van der Waals surface area contributed by atoms with Crippen LogP contribution < -0.4 is 0 Å². The molecule has 5 heteroatoms. The smallest absolute Gasteiger partial charge is 0.254 e. The molecule has 0 saturated carbocycles. The number of pyridine rings is 1. The van der Waals surface area contributed by atoms with Crippen molar-refractivity contribution < 1.29 is 9.90 Å². The van der Waals surface area contributed by atoms with Crippen LogP contribution >= 0.6 is 0 Å². The van der Waals surface area contributed by atoms with Crippen molar-refractivity contribution in [1.29, 1.82) is 0 Å². The molecule has 1 fully saturated rings. The van der Waals surface area contributed by atoms with Crippen LogP contribution in [0.2, 0.25) is 0 Å². The van der Waals surface area contributed by atoms with E-state index in [1.165, 1.54) is 0 Å². The largest absolute Gasteiger partial charge is 0.383 e. The summed E-state index contributed by atoms with van der Waals surface area (Å²) in [5.41, 5.74) is 0.576. The molecule has 2 heterocycles. The number of aliphatic hydroxyl groups is 1. The lowest BCUT2D eigenvalue weighted by molar-refractivity contribution is -0.0810. The first kappa shape index (κ1) is 16.6. The number of nitrogens with zero attached hydrogens (tertiary/aromatic N) is 3. The summed E-state index contributed by atoms with van der Waals surface area (Å²) in [7, 11) is 3.89. The molecule has 0 bridgehead atoms. The maximum Gasteiger partial charge on any atom is 0.254 e. The van der Waals surface area contributed by atoms with Crippen molar-refractivity contribution in [2.24, 2.45) is 0 Å². The second-order valence-corrected chi connectivity index (χ2v) is 6.51. The zero-order valence-corrected chi connectivity index (χ0v) is 14.1. The van der Waals surface area contributed by atoms with Crippen LogP contribution in [0.4, 0.5) is 0 Å². The van der Waals surface area contributed by atoms with Gasteiger partial charge in [-0.15, -0.1) is 0 Å². The normalized spacial score (nSPS) is 24.2. The molecule has 1 aromatic carbocycles. The highest BCUT2D eigenvalue weighted by Gasteiger charge is 2.45. The minimum absolute atomic E-state index is 0.0145. The lowest BCUT2D eigenvalue weighted by Crippen LogP contribution is -2.60. The van der Waals surface area contributed by atoms with Crippen molar-refractivity contribution in [1.82, 2.24) is 14.8 Å². The summed E-state index contributed by atoms with van der Waals surface area (Å²) in [4.78, 5) is 20.5.